The van der Waals surface area contributed by atoms with Crippen molar-refractivity contribution in [3.8, 4) is 5.75 Å². The first-order valence-electron chi connectivity index (χ1n) is 6.83. The molecule has 1 fully saturated rings. The minimum absolute atomic E-state index is 0.169. The van der Waals surface area contributed by atoms with Gasteiger partial charge in [-0.3, -0.25) is 14.5 Å². The van der Waals surface area contributed by atoms with Crippen molar-refractivity contribution < 1.29 is 14.3 Å². The lowest BCUT2D eigenvalue weighted by Crippen LogP contribution is -2.68. The van der Waals surface area contributed by atoms with Crippen LogP contribution in [0.15, 0.2) is 18.2 Å². The van der Waals surface area contributed by atoms with Crippen LogP contribution in [-0.2, 0) is 9.59 Å². The minimum Gasteiger partial charge on any atom is -0.495 e. The lowest BCUT2D eigenvalue weighted by molar-refractivity contribution is -0.137. The molecule has 0 radical (unpaired) electrons. The molecule has 6 heteroatoms. The monoisotopic (exact) mass is 310 g/mol. The third-order valence-electron chi connectivity index (χ3n) is 3.96. The van der Waals surface area contributed by atoms with Crippen molar-refractivity contribution in [3.63, 3.8) is 0 Å². The Morgan fingerprint density at radius 2 is 2.10 bits per heavy atom. The van der Waals surface area contributed by atoms with Gasteiger partial charge >= 0.3 is 0 Å². The summed E-state index contributed by atoms with van der Waals surface area (Å²) in [6.45, 7) is 5.27. The van der Waals surface area contributed by atoms with E-state index in [1.54, 1.807) is 32.0 Å². The SMILES string of the molecule is CCC1(C)NC(=O)C(C)N(c2cc(Cl)ccc2OC)C1=O. The molecule has 1 aliphatic rings. The summed E-state index contributed by atoms with van der Waals surface area (Å²) >= 11 is 6.04. The van der Waals surface area contributed by atoms with Crippen LogP contribution in [0, 0.1) is 0 Å². The fourth-order valence-corrected chi connectivity index (χ4v) is 2.56. The molecule has 0 saturated carbocycles. The Hall–Kier alpha value is -1.75. The zero-order valence-corrected chi connectivity index (χ0v) is 13.3. The smallest absolute Gasteiger partial charge is 0.253 e. The second-order valence-electron chi connectivity index (χ2n) is 5.34. The number of nitrogens with one attached hydrogen (secondary N) is 1. The first kappa shape index (κ1) is 15.6. The van der Waals surface area contributed by atoms with Gasteiger partial charge in [-0.2, -0.15) is 0 Å². The number of carbonyl (C=O) groups excluding carboxylic acids is 2. The molecule has 1 N–H and O–H groups in total. The van der Waals surface area contributed by atoms with E-state index >= 15 is 0 Å². The highest BCUT2D eigenvalue weighted by atomic mass is 35.5. The number of nitrogens with zero attached hydrogens (tertiary/aromatic N) is 1. The van der Waals surface area contributed by atoms with E-state index in [1.807, 2.05) is 6.92 Å². The van der Waals surface area contributed by atoms with Crippen LogP contribution < -0.4 is 15.0 Å². The summed E-state index contributed by atoms with van der Waals surface area (Å²) in [6.07, 6.45) is 0.504. The lowest BCUT2D eigenvalue weighted by atomic mass is 9.91. The molecule has 0 aliphatic carbocycles. The van der Waals surface area contributed by atoms with E-state index in [0.717, 1.165) is 0 Å². The second kappa shape index (κ2) is 5.56. The number of hydrogen-bond acceptors (Lipinski definition) is 3. The molecule has 1 heterocycles. The number of carbonyl (C=O) groups is 2. The van der Waals surface area contributed by atoms with Gasteiger partial charge in [0.05, 0.1) is 12.8 Å². The molecule has 1 saturated heterocycles. The largest absolute Gasteiger partial charge is 0.495 e. The third-order valence-corrected chi connectivity index (χ3v) is 4.20. The molecule has 2 rings (SSSR count). The van der Waals surface area contributed by atoms with Gasteiger partial charge in [0.25, 0.3) is 5.91 Å². The number of ether oxygens (including phenoxy) is 1. The van der Waals surface area contributed by atoms with E-state index in [4.69, 9.17) is 16.3 Å². The summed E-state index contributed by atoms with van der Waals surface area (Å²) in [5, 5.41) is 3.27. The Labute approximate surface area is 129 Å². The van der Waals surface area contributed by atoms with Crippen molar-refractivity contribution in [2.24, 2.45) is 0 Å². The quantitative estimate of drug-likeness (QED) is 0.932. The summed E-state index contributed by atoms with van der Waals surface area (Å²) in [4.78, 5) is 26.5. The van der Waals surface area contributed by atoms with E-state index in [-0.39, 0.29) is 11.8 Å². The van der Waals surface area contributed by atoms with Crippen molar-refractivity contribution >= 4 is 29.1 Å². The highest BCUT2D eigenvalue weighted by Crippen LogP contribution is 2.36. The Morgan fingerprint density at radius 3 is 2.67 bits per heavy atom. The van der Waals surface area contributed by atoms with E-state index in [9.17, 15) is 9.59 Å². The van der Waals surface area contributed by atoms with Gasteiger partial charge in [0.1, 0.15) is 17.3 Å². The predicted molar refractivity (Wildman–Crippen MR) is 81.8 cm³/mol. The summed E-state index contributed by atoms with van der Waals surface area (Å²) in [7, 11) is 1.52. The molecule has 5 nitrogen and oxygen atoms in total. The molecule has 1 aromatic rings. The standard InChI is InChI=1S/C15H19ClN2O3/c1-5-15(3)14(20)18(9(2)13(19)17-15)11-8-10(16)6-7-12(11)21-4/h6-9H,5H2,1-4H3,(H,17,19). The number of halogens is 1. The number of rotatable bonds is 3. The fourth-order valence-electron chi connectivity index (χ4n) is 2.40. The molecule has 114 valence electrons. The Bertz CT molecular complexity index is 590. The van der Waals surface area contributed by atoms with Gasteiger partial charge in [-0.05, 0) is 38.5 Å². The fraction of sp³-hybridized carbons (Fsp3) is 0.467. The number of anilines is 1. The van der Waals surface area contributed by atoms with Crippen molar-refractivity contribution in [2.45, 2.75) is 38.8 Å². The molecule has 2 unspecified atom stereocenters. The van der Waals surface area contributed by atoms with Crippen molar-refractivity contribution in [3.05, 3.63) is 23.2 Å². The van der Waals surface area contributed by atoms with Gasteiger partial charge in [0.15, 0.2) is 0 Å². The van der Waals surface area contributed by atoms with Crippen LogP contribution in [0.25, 0.3) is 0 Å². The first-order chi connectivity index (χ1) is 9.84. The molecule has 0 bridgehead atoms. The van der Waals surface area contributed by atoms with E-state index in [0.29, 0.717) is 22.9 Å². The number of hydrogen-bond donors (Lipinski definition) is 1. The third kappa shape index (κ3) is 2.58. The van der Waals surface area contributed by atoms with E-state index < -0.39 is 11.6 Å². The van der Waals surface area contributed by atoms with E-state index in [1.165, 1.54) is 12.0 Å². The number of amides is 2. The molecule has 1 aliphatic heterocycles. The molecule has 2 atom stereocenters. The molecule has 0 aromatic heterocycles. The van der Waals surface area contributed by atoms with E-state index in [2.05, 4.69) is 5.32 Å². The summed E-state index contributed by atoms with van der Waals surface area (Å²) in [6, 6.07) is 4.39. The normalized spacial score (nSPS) is 25.8. The van der Waals surface area contributed by atoms with Crippen molar-refractivity contribution in [1.82, 2.24) is 5.32 Å². The van der Waals surface area contributed by atoms with Crippen LogP contribution in [0.4, 0.5) is 5.69 Å². The van der Waals surface area contributed by atoms with Crippen LogP contribution in [0.3, 0.4) is 0 Å². The Balaban J connectivity index is 2.56. The molecule has 1 aromatic carbocycles. The highest BCUT2D eigenvalue weighted by molar-refractivity contribution is 6.31. The zero-order valence-electron chi connectivity index (χ0n) is 12.6. The predicted octanol–water partition coefficient (Wildman–Crippen LogP) is 2.37. The summed E-state index contributed by atoms with van der Waals surface area (Å²) in [5.74, 6) is 0.145. The maximum atomic E-state index is 12.8. The topological polar surface area (TPSA) is 58.6 Å². The number of methoxy groups -OCH3 is 1. The van der Waals surface area contributed by atoms with Gasteiger partial charge in [-0.15, -0.1) is 0 Å². The van der Waals surface area contributed by atoms with Crippen molar-refractivity contribution in [1.29, 1.82) is 0 Å². The van der Waals surface area contributed by atoms with Crippen LogP contribution in [0.5, 0.6) is 5.75 Å². The van der Waals surface area contributed by atoms with Crippen molar-refractivity contribution in [2.75, 3.05) is 12.0 Å². The molecular weight excluding hydrogens is 292 g/mol. The molecule has 2 amide bonds. The van der Waals surface area contributed by atoms with Crippen LogP contribution >= 0.6 is 11.6 Å². The summed E-state index contributed by atoms with van der Waals surface area (Å²) in [5.41, 5.74) is -0.409. The average Bonchev–Trinajstić information content (AvgIpc) is 2.46. The Kier molecular flexibility index (Phi) is 4.14. The molecule has 21 heavy (non-hydrogen) atoms. The average molecular weight is 311 g/mol. The number of benzene rings is 1. The maximum absolute atomic E-state index is 12.8. The zero-order chi connectivity index (χ0) is 15.8. The van der Waals surface area contributed by atoms with Gasteiger partial charge in [-0.25, -0.2) is 0 Å². The maximum Gasteiger partial charge on any atom is 0.253 e. The van der Waals surface area contributed by atoms with Crippen LogP contribution in [-0.4, -0.2) is 30.5 Å². The van der Waals surface area contributed by atoms with Crippen LogP contribution in [0.2, 0.25) is 5.02 Å². The van der Waals surface area contributed by atoms with Gasteiger partial charge in [0, 0.05) is 5.02 Å². The van der Waals surface area contributed by atoms with Gasteiger partial charge in [0.2, 0.25) is 5.91 Å². The lowest BCUT2D eigenvalue weighted by Gasteiger charge is -2.43. The van der Waals surface area contributed by atoms with Crippen LogP contribution in [0.1, 0.15) is 27.2 Å². The van der Waals surface area contributed by atoms with Gasteiger partial charge in [-0.1, -0.05) is 18.5 Å². The summed E-state index contributed by atoms with van der Waals surface area (Å²) < 4.78 is 5.30. The Morgan fingerprint density at radius 1 is 1.43 bits per heavy atom. The minimum atomic E-state index is -0.920. The molecule has 0 spiro atoms. The van der Waals surface area contributed by atoms with Gasteiger partial charge < -0.3 is 10.1 Å². The molecular formula is C15H19ClN2O3. The first-order valence-corrected chi connectivity index (χ1v) is 7.21. The highest BCUT2D eigenvalue weighted by Gasteiger charge is 2.46. The second-order valence-corrected chi connectivity index (χ2v) is 5.78. The number of piperazine rings is 1.